The van der Waals surface area contributed by atoms with Crippen molar-refractivity contribution in [2.75, 3.05) is 13.2 Å². The normalized spacial score (nSPS) is 12.6. The molecule has 0 bridgehead atoms. The lowest BCUT2D eigenvalue weighted by Gasteiger charge is -2.09. The van der Waals surface area contributed by atoms with E-state index in [1.54, 1.807) is 13.8 Å². The minimum atomic E-state index is -0.518. The van der Waals surface area contributed by atoms with Gasteiger partial charge in [0, 0.05) is 0 Å². The average Bonchev–Trinajstić information content (AvgIpc) is 2.36. The van der Waals surface area contributed by atoms with Crippen LogP contribution < -0.4 is 0 Å². The van der Waals surface area contributed by atoms with E-state index in [4.69, 9.17) is 9.47 Å². The van der Waals surface area contributed by atoms with Crippen LogP contribution in [0.2, 0.25) is 0 Å². The van der Waals surface area contributed by atoms with Crippen LogP contribution in [0, 0.1) is 0 Å². The third-order valence-corrected chi connectivity index (χ3v) is 2.17. The molecule has 0 spiro atoms. The highest BCUT2D eigenvalue weighted by Crippen LogP contribution is 2.01. The van der Waals surface area contributed by atoms with Crippen molar-refractivity contribution in [1.82, 2.24) is 0 Å². The van der Waals surface area contributed by atoms with E-state index < -0.39 is 6.10 Å². The van der Waals surface area contributed by atoms with Crippen molar-refractivity contribution in [2.24, 2.45) is 0 Å². The predicted octanol–water partition coefficient (Wildman–Crippen LogP) is 2.67. The molecule has 0 aliphatic rings. The van der Waals surface area contributed by atoms with Gasteiger partial charge in [0.2, 0.25) is 0 Å². The molecule has 0 aliphatic heterocycles. The quantitative estimate of drug-likeness (QED) is 0.710. The van der Waals surface area contributed by atoms with Crippen LogP contribution >= 0.6 is 0 Å². The van der Waals surface area contributed by atoms with E-state index in [0.29, 0.717) is 13.2 Å². The Morgan fingerprint density at radius 3 is 2.71 bits per heavy atom. The van der Waals surface area contributed by atoms with Crippen LogP contribution in [0.25, 0.3) is 6.08 Å². The highest BCUT2D eigenvalue weighted by molar-refractivity contribution is 5.74. The Balaban J connectivity index is 2.28. The fourth-order valence-corrected chi connectivity index (χ4v) is 1.28. The number of ether oxygens (including phenoxy) is 2. The summed E-state index contributed by atoms with van der Waals surface area (Å²) in [6, 6.07) is 9.93. The molecule has 1 aromatic rings. The van der Waals surface area contributed by atoms with Gasteiger partial charge in [-0.25, -0.2) is 4.79 Å². The molecule has 0 saturated heterocycles. The summed E-state index contributed by atoms with van der Waals surface area (Å²) in [7, 11) is 0. The molecule has 17 heavy (non-hydrogen) atoms. The zero-order valence-corrected chi connectivity index (χ0v) is 10.3. The second kappa shape index (κ2) is 7.63. The van der Waals surface area contributed by atoms with Crippen LogP contribution in [-0.2, 0) is 14.3 Å². The van der Waals surface area contributed by atoms with Crippen molar-refractivity contribution >= 4 is 12.0 Å². The van der Waals surface area contributed by atoms with E-state index >= 15 is 0 Å². The van der Waals surface area contributed by atoms with Crippen molar-refractivity contribution < 1.29 is 14.3 Å². The molecule has 0 amide bonds. The van der Waals surface area contributed by atoms with Gasteiger partial charge in [0.25, 0.3) is 0 Å². The molecular formula is C14H18O3. The SMILES string of the molecule is CCOC(=O)[C@H](C)OC/C=C/c1ccccc1. The Bertz CT molecular complexity index is 357. The average molecular weight is 234 g/mol. The smallest absolute Gasteiger partial charge is 0.334 e. The van der Waals surface area contributed by atoms with E-state index in [1.807, 2.05) is 42.5 Å². The Labute approximate surface area is 102 Å². The minimum Gasteiger partial charge on any atom is -0.464 e. The number of hydrogen-bond donors (Lipinski definition) is 0. The number of hydrogen-bond acceptors (Lipinski definition) is 3. The highest BCUT2D eigenvalue weighted by atomic mass is 16.6. The highest BCUT2D eigenvalue weighted by Gasteiger charge is 2.12. The summed E-state index contributed by atoms with van der Waals surface area (Å²) < 4.78 is 10.1. The summed E-state index contributed by atoms with van der Waals surface area (Å²) in [5, 5.41) is 0. The van der Waals surface area contributed by atoms with Gasteiger partial charge >= 0.3 is 5.97 Å². The molecule has 0 unspecified atom stereocenters. The molecule has 1 rings (SSSR count). The lowest BCUT2D eigenvalue weighted by Crippen LogP contribution is -2.23. The van der Waals surface area contributed by atoms with Gasteiger partial charge in [0.15, 0.2) is 6.10 Å². The summed E-state index contributed by atoms with van der Waals surface area (Å²) in [5.41, 5.74) is 1.11. The van der Waals surface area contributed by atoms with E-state index in [-0.39, 0.29) is 5.97 Å². The molecule has 1 aromatic carbocycles. The summed E-state index contributed by atoms with van der Waals surface area (Å²) in [6.07, 6.45) is 3.32. The van der Waals surface area contributed by atoms with Crippen LogP contribution in [-0.4, -0.2) is 25.3 Å². The van der Waals surface area contributed by atoms with Gasteiger partial charge in [-0.15, -0.1) is 0 Å². The fraction of sp³-hybridized carbons (Fsp3) is 0.357. The second-order valence-electron chi connectivity index (χ2n) is 3.54. The summed E-state index contributed by atoms with van der Waals surface area (Å²) in [6.45, 7) is 4.25. The Morgan fingerprint density at radius 2 is 2.06 bits per heavy atom. The molecule has 0 saturated carbocycles. The molecule has 92 valence electrons. The van der Waals surface area contributed by atoms with Gasteiger partial charge in [-0.3, -0.25) is 0 Å². The largest absolute Gasteiger partial charge is 0.464 e. The van der Waals surface area contributed by atoms with E-state index in [0.717, 1.165) is 5.56 Å². The Hall–Kier alpha value is -1.61. The third kappa shape index (κ3) is 5.31. The van der Waals surface area contributed by atoms with E-state index in [2.05, 4.69) is 0 Å². The molecule has 0 N–H and O–H groups in total. The monoisotopic (exact) mass is 234 g/mol. The van der Waals surface area contributed by atoms with Gasteiger partial charge in [-0.2, -0.15) is 0 Å². The number of rotatable bonds is 6. The fourth-order valence-electron chi connectivity index (χ4n) is 1.28. The van der Waals surface area contributed by atoms with E-state index in [9.17, 15) is 4.79 Å². The summed E-state index contributed by atoms with van der Waals surface area (Å²) in [4.78, 5) is 11.2. The zero-order chi connectivity index (χ0) is 12.5. The number of carbonyl (C=O) groups excluding carboxylic acids is 1. The molecule has 3 nitrogen and oxygen atoms in total. The maximum absolute atomic E-state index is 11.2. The van der Waals surface area contributed by atoms with E-state index in [1.165, 1.54) is 0 Å². The first-order valence-corrected chi connectivity index (χ1v) is 5.74. The number of esters is 1. The summed E-state index contributed by atoms with van der Waals surface area (Å²) >= 11 is 0. The minimum absolute atomic E-state index is 0.319. The Morgan fingerprint density at radius 1 is 1.35 bits per heavy atom. The molecule has 0 fully saturated rings. The maximum Gasteiger partial charge on any atom is 0.334 e. The molecular weight excluding hydrogens is 216 g/mol. The lowest BCUT2D eigenvalue weighted by atomic mass is 10.2. The van der Waals surface area contributed by atoms with Crippen LogP contribution in [0.15, 0.2) is 36.4 Å². The lowest BCUT2D eigenvalue weighted by molar-refractivity contribution is -0.154. The summed E-state index contributed by atoms with van der Waals surface area (Å²) in [5.74, 6) is -0.319. The van der Waals surface area contributed by atoms with Gasteiger partial charge < -0.3 is 9.47 Å². The van der Waals surface area contributed by atoms with Crippen LogP contribution in [0.1, 0.15) is 19.4 Å². The number of benzene rings is 1. The van der Waals surface area contributed by atoms with Crippen LogP contribution in [0.5, 0.6) is 0 Å². The van der Waals surface area contributed by atoms with Crippen LogP contribution in [0.3, 0.4) is 0 Å². The maximum atomic E-state index is 11.2. The van der Waals surface area contributed by atoms with Crippen molar-refractivity contribution in [3.05, 3.63) is 42.0 Å². The van der Waals surface area contributed by atoms with Crippen molar-refractivity contribution in [3.63, 3.8) is 0 Å². The van der Waals surface area contributed by atoms with Gasteiger partial charge in [0.1, 0.15) is 0 Å². The second-order valence-corrected chi connectivity index (χ2v) is 3.54. The molecule has 0 radical (unpaired) electrons. The molecule has 0 heterocycles. The Kier molecular flexibility index (Phi) is 6.04. The van der Waals surface area contributed by atoms with Crippen molar-refractivity contribution in [2.45, 2.75) is 20.0 Å². The topological polar surface area (TPSA) is 35.5 Å². The predicted molar refractivity (Wildman–Crippen MR) is 67.5 cm³/mol. The molecule has 3 heteroatoms. The number of carbonyl (C=O) groups is 1. The van der Waals surface area contributed by atoms with Crippen molar-refractivity contribution in [3.8, 4) is 0 Å². The van der Waals surface area contributed by atoms with Gasteiger partial charge in [0.05, 0.1) is 13.2 Å². The van der Waals surface area contributed by atoms with Crippen molar-refractivity contribution in [1.29, 1.82) is 0 Å². The van der Waals surface area contributed by atoms with Crippen LogP contribution in [0.4, 0.5) is 0 Å². The zero-order valence-electron chi connectivity index (χ0n) is 10.3. The third-order valence-electron chi connectivity index (χ3n) is 2.17. The van der Waals surface area contributed by atoms with Gasteiger partial charge in [-0.05, 0) is 19.4 Å². The molecule has 0 aliphatic carbocycles. The first kappa shape index (κ1) is 13.5. The first-order valence-electron chi connectivity index (χ1n) is 5.74. The molecule has 1 atom stereocenters. The first-order chi connectivity index (χ1) is 8.24. The molecule has 0 aromatic heterocycles. The van der Waals surface area contributed by atoms with Gasteiger partial charge in [-0.1, -0.05) is 42.5 Å². The standard InChI is InChI=1S/C14H18O3/c1-3-16-14(15)12(2)17-11-7-10-13-8-5-4-6-9-13/h4-10,12H,3,11H2,1-2H3/b10-7+/t12-/m0/s1.